The molecule has 0 unspecified atom stereocenters. The molecule has 0 radical (unpaired) electrons. The van der Waals surface area contributed by atoms with Gasteiger partial charge in [-0.1, -0.05) is 11.6 Å². The quantitative estimate of drug-likeness (QED) is 0.639. The fraction of sp³-hybridized carbons (Fsp3) is 0.545. The van der Waals surface area contributed by atoms with E-state index in [1.54, 1.807) is 0 Å². The number of hydrogen-bond acceptors (Lipinski definition) is 5. The molecule has 0 amide bonds. The maximum Gasteiger partial charge on any atom is 0.497 e. The van der Waals surface area contributed by atoms with Crippen molar-refractivity contribution < 1.29 is 17.7 Å². The first-order valence-electron chi connectivity index (χ1n) is 5.98. The number of nitrogens with two attached hydrogens (primary N) is 1. The third-order valence-electron chi connectivity index (χ3n) is 3.68. The first-order chi connectivity index (χ1) is 8.94. The Bertz CT molecular complexity index is 632. The van der Waals surface area contributed by atoms with E-state index >= 15 is 0 Å². The van der Waals surface area contributed by atoms with E-state index < -0.39 is 28.3 Å². The summed E-state index contributed by atoms with van der Waals surface area (Å²) >= 11 is 5.73. The minimum atomic E-state index is -3.95. The van der Waals surface area contributed by atoms with E-state index in [1.807, 2.05) is 27.7 Å². The van der Waals surface area contributed by atoms with E-state index in [0.717, 1.165) is 0 Å². The number of aromatic nitrogens is 1. The second-order valence-corrected chi connectivity index (χ2v) is 7.60. The van der Waals surface area contributed by atoms with Crippen LogP contribution in [-0.2, 0) is 19.3 Å². The highest BCUT2D eigenvalue weighted by Crippen LogP contribution is 2.36. The van der Waals surface area contributed by atoms with Gasteiger partial charge in [-0.15, -0.1) is 0 Å². The van der Waals surface area contributed by atoms with Crippen molar-refractivity contribution in [3.63, 3.8) is 0 Å². The molecule has 9 heteroatoms. The lowest BCUT2D eigenvalue weighted by Gasteiger charge is -2.32. The molecule has 2 N–H and O–H groups in total. The fourth-order valence-electron chi connectivity index (χ4n) is 1.82. The van der Waals surface area contributed by atoms with Gasteiger partial charge in [-0.05, 0) is 33.8 Å². The molecule has 0 atom stereocenters. The molecule has 6 nitrogen and oxygen atoms in total. The van der Waals surface area contributed by atoms with Crippen molar-refractivity contribution in [3.05, 3.63) is 17.4 Å². The smallest absolute Gasteiger partial charge is 0.399 e. The summed E-state index contributed by atoms with van der Waals surface area (Å²) in [4.78, 5) is 3.74. The number of nitrogens with zero attached hydrogens (tertiary/aromatic N) is 1. The highest BCUT2D eigenvalue weighted by Gasteiger charge is 2.52. The van der Waals surface area contributed by atoms with Gasteiger partial charge in [0.25, 0.3) is 0 Å². The second-order valence-electron chi connectivity index (χ2n) is 5.68. The van der Waals surface area contributed by atoms with Crippen molar-refractivity contribution >= 4 is 34.2 Å². The van der Waals surface area contributed by atoms with E-state index in [1.165, 1.54) is 12.3 Å². The number of halogens is 1. The molecule has 0 bridgehead atoms. The van der Waals surface area contributed by atoms with Gasteiger partial charge in [0.2, 0.25) is 10.0 Å². The zero-order valence-electron chi connectivity index (χ0n) is 11.7. The van der Waals surface area contributed by atoms with Crippen LogP contribution in [-0.4, -0.2) is 31.7 Å². The van der Waals surface area contributed by atoms with Crippen LogP contribution in [0, 0.1) is 0 Å². The monoisotopic (exact) mass is 318 g/mol. The van der Waals surface area contributed by atoms with E-state index in [2.05, 4.69) is 4.98 Å². The van der Waals surface area contributed by atoms with Gasteiger partial charge < -0.3 is 9.31 Å². The normalized spacial score (nSPS) is 21.2. The Balaban J connectivity index is 2.51. The van der Waals surface area contributed by atoms with E-state index in [4.69, 9.17) is 26.0 Å². The van der Waals surface area contributed by atoms with Crippen molar-refractivity contribution in [3.8, 4) is 0 Å². The minimum absolute atomic E-state index is 0.0364. The number of hydrogen-bond donors (Lipinski definition) is 1. The maximum atomic E-state index is 11.7. The predicted molar refractivity (Wildman–Crippen MR) is 76.3 cm³/mol. The average molecular weight is 319 g/mol. The Morgan fingerprint density at radius 1 is 1.25 bits per heavy atom. The van der Waals surface area contributed by atoms with Crippen LogP contribution in [0.25, 0.3) is 0 Å². The Labute approximate surface area is 123 Å². The number of pyridine rings is 1. The Kier molecular flexibility index (Phi) is 3.67. The van der Waals surface area contributed by atoms with Gasteiger partial charge in [0, 0.05) is 11.7 Å². The lowest BCUT2D eigenvalue weighted by molar-refractivity contribution is 0.00578. The van der Waals surface area contributed by atoms with E-state index in [9.17, 15) is 8.42 Å². The largest absolute Gasteiger partial charge is 0.497 e. The van der Waals surface area contributed by atoms with E-state index in [-0.39, 0.29) is 15.5 Å². The van der Waals surface area contributed by atoms with Crippen molar-refractivity contribution in [1.29, 1.82) is 0 Å². The van der Waals surface area contributed by atoms with Crippen molar-refractivity contribution in [1.82, 2.24) is 4.98 Å². The molecule has 1 fully saturated rings. The van der Waals surface area contributed by atoms with Gasteiger partial charge in [0.1, 0.15) is 5.15 Å². The highest BCUT2D eigenvalue weighted by molar-refractivity contribution is 7.89. The molecule has 0 spiro atoms. The standard InChI is InChI=1S/C11H16BClN2O4S/c1-10(2)11(3,4)19-12(18-10)7-6-15-9(13)5-8(7)20(14,16)17/h5-6H,1-4H3,(H2,14,16,17). The lowest BCUT2D eigenvalue weighted by atomic mass is 9.80. The van der Waals surface area contributed by atoms with Crippen LogP contribution < -0.4 is 10.6 Å². The Morgan fingerprint density at radius 2 is 1.75 bits per heavy atom. The summed E-state index contributed by atoms with van der Waals surface area (Å²) < 4.78 is 34.9. The molecule has 20 heavy (non-hydrogen) atoms. The van der Waals surface area contributed by atoms with Gasteiger partial charge in [0.15, 0.2) is 0 Å². The Morgan fingerprint density at radius 3 is 2.20 bits per heavy atom. The van der Waals surface area contributed by atoms with Gasteiger partial charge >= 0.3 is 7.12 Å². The minimum Gasteiger partial charge on any atom is -0.399 e. The first kappa shape index (κ1) is 15.7. The summed E-state index contributed by atoms with van der Waals surface area (Å²) in [6.07, 6.45) is 1.31. The molecule has 1 aromatic rings. The molecule has 2 rings (SSSR count). The van der Waals surface area contributed by atoms with E-state index in [0.29, 0.717) is 0 Å². The number of sulfonamides is 1. The molecular weight excluding hydrogens is 302 g/mol. The van der Waals surface area contributed by atoms with Crippen LogP contribution in [0.5, 0.6) is 0 Å². The molecule has 0 aliphatic carbocycles. The molecule has 0 aromatic carbocycles. The summed E-state index contributed by atoms with van der Waals surface area (Å²) in [5.74, 6) is 0. The third-order valence-corrected chi connectivity index (χ3v) is 4.85. The average Bonchev–Trinajstić information content (AvgIpc) is 2.46. The van der Waals surface area contributed by atoms with Crippen LogP contribution in [0.2, 0.25) is 5.15 Å². The van der Waals surface area contributed by atoms with Crippen molar-refractivity contribution in [2.75, 3.05) is 0 Å². The predicted octanol–water partition coefficient (Wildman–Crippen LogP) is 0.682. The SMILES string of the molecule is CC1(C)OB(c2cnc(Cl)cc2S(N)(=O)=O)OC1(C)C. The van der Waals surface area contributed by atoms with Crippen molar-refractivity contribution in [2.45, 2.75) is 43.8 Å². The van der Waals surface area contributed by atoms with Gasteiger partial charge in [0.05, 0.1) is 16.1 Å². The summed E-state index contributed by atoms with van der Waals surface area (Å²) in [5, 5.41) is 5.24. The van der Waals surface area contributed by atoms with Crippen LogP contribution in [0.4, 0.5) is 0 Å². The Hall–Kier alpha value is -0.665. The molecule has 2 heterocycles. The van der Waals surface area contributed by atoms with Gasteiger partial charge in [-0.25, -0.2) is 18.5 Å². The first-order valence-corrected chi connectivity index (χ1v) is 7.90. The fourth-order valence-corrected chi connectivity index (χ4v) is 2.79. The second kappa shape index (κ2) is 4.67. The lowest BCUT2D eigenvalue weighted by Crippen LogP contribution is -2.41. The van der Waals surface area contributed by atoms with Crippen LogP contribution in [0.3, 0.4) is 0 Å². The van der Waals surface area contributed by atoms with Crippen LogP contribution in [0.15, 0.2) is 17.2 Å². The molecule has 1 saturated heterocycles. The molecule has 1 aliphatic rings. The van der Waals surface area contributed by atoms with Crippen LogP contribution in [0.1, 0.15) is 27.7 Å². The molecule has 1 aliphatic heterocycles. The summed E-state index contributed by atoms with van der Waals surface area (Å²) in [6, 6.07) is 1.19. The topological polar surface area (TPSA) is 91.5 Å². The highest BCUT2D eigenvalue weighted by atomic mass is 35.5. The molecule has 0 saturated carbocycles. The summed E-state index contributed by atoms with van der Waals surface area (Å²) in [6.45, 7) is 7.47. The zero-order valence-corrected chi connectivity index (χ0v) is 13.2. The number of primary sulfonamides is 1. The van der Waals surface area contributed by atoms with Gasteiger partial charge in [-0.2, -0.15) is 0 Å². The zero-order chi connectivity index (χ0) is 15.3. The summed E-state index contributed by atoms with van der Waals surface area (Å²) in [7, 11) is -4.82. The van der Waals surface area contributed by atoms with Crippen LogP contribution >= 0.6 is 11.6 Å². The maximum absolute atomic E-state index is 11.7. The molecule has 1 aromatic heterocycles. The molecular formula is C11H16BClN2O4S. The number of rotatable bonds is 2. The van der Waals surface area contributed by atoms with Crippen molar-refractivity contribution in [2.24, 2.45) is 5.14 Å². The van der Waals surface area contributed by atoms with Gasteiger partial charge in [-0.3, -0.25) is 0 Å². The summed E-state index contributed by atoms with van der Waals surface area (Å²) in [5.41, 5.74) is -0.935. The molecule has 110 valence electrons. The third kappa shape index (κ3) is 2.71.